The second-order valence-corrected chi connectivity index (χ2v) is 7.97. The van der Waals surface area contributed by atoms with Crippen molar-refractivity contribution in [3.8, 4) is 0 Å². The van der Waals surface area contributed by atoms with Gasteiger partial charge in [0.2, 0.25) is 0 Å². The molecule has 9 heteroatoms. The maximum Gasteiger partial charge on any atom is 0.258 e. The van der Waals surface area contributed by atoms with Crippen LogP contribution in [0, 0.1) is 6.92 Å². The van der Waals surface area contributed by atoms with Crippen molar-refractivity contribution in [1.29, 1.82) is 0 Å². The maximum atomic E-state index is 12.6. The van der Waals surface area contributed by atoms with E-state index in [-0.39, 0.29) is 22.7 Å². The molecule has 0 bridgehead atoms. The van der Waals surface area contributed by atoms with Crippen molar-refractivity contribution in [2.24, 2.45) is 15.9 Å². The zero-order chi connectivity index (χ0) is 22.7. The number of H-pyrrole nitrogens is 1. The SMILES string of the molecule is Cc1cc2[nH]c(=O)c(C(C=Nc3ccc(C(=O)N4CCNCC4)cc3)=NN)cc2cc1Cl. The number of aliphatic imine (C=N–C) groups is 1. The number of hydrogen-bond donors (Lipinski definition) is 3. The number of carbonyl (C=O) groups excluding carboxylic acids is 1. The number of piperazine rings is 1. The third kappa shape index (κ3) is 4.56. The second-order valence-electron chi connectivity index (χ2n) is 7.56. The number of pyridine rings is 1. The normalized spacial score (nSPS) is 14.9. The first kappa shape index (κ1) is 21.7. The Balaban J connectivity index is 1.55. The number of nitrogens with one attached hydrogen (secondary N) is 2. The fourth-order valence-corrected chi connectivity index (χ4v) is 3.75. The van der Waals surface area contributed by atoms with Gasteiger partial charge in [-0.3, -0.25) is 14.6 Å². The van der Waals surface area contributed by atoms with E-state index in [1.807, 2.05) is 17.9 Å². The van der Waals surface area contributed by atoms with Crippen molar-refractivity contribution in [2.45, 2.75) is 6.92 Å². The molecule has 1 aliphatic heterocycles. The quantitative estimate of drug-likeness (QED) is 0.322. The van der Waals surface area contributed by atoms with Crippen LogP contribution in [-0.2, 0) is 0 Å². The number of benzene rings is 2. The molecule has 8 nitrogen and oxygen atoms in total. The van der Waals surface area contributed by atoms with Crippen LogP contribution >= 0.6 is 11.6 Å². The van der Waals surface area contributed by atoms with E-state index in [0.717, 1.165) is 24.0 Å². The largest absolute Gasteiger partial charge is 0.336 e. The molecular formula is C23H23ClN6O2. The highest BCUT2D eigenvalue weighted by molar-refractivity contribution is 6.38. The molecule has 0 aliphatic carbocycles. The highest BCUT2D eigenvalue weighted by Gasteiger charge is 2.17. The van der Waals surface area contributed by atoms with Crippen LogP contribution in [0.1, 0.15) is 21.5 Å². The molecule has 1 fully saturated rings. The Labute approximate surface area is 189 Å². The average Bonchev–Trinajstić information content (AvgIpc) is 2.81. The molecule has 1 aliphatic rings. The minimum Gasteiger partial charge on any atom is -0.336 e. The predicted molar refractivity (Wildman–Crippen MR) is 128 cm³/mol. The third-order valence-corrected chi connectivity index (χ3v) is 5.80. The number of rotatable bonds is 4. The van der Waals surface area contributed by atoms with Gasteiger partial charge in [-0.15, -0.1) is 0 Å². The van der Waals surface area contributed by atoms with Gasteiger partial charge in [-0.25, -0.2) is 0 Å². The predicted octanol–water partition coefficient (Wildman–Crippen LogP) is 2.60. The maximum absolute atomic E-state index is 12.6. The van der Waals surface area contributed by atoms with Crippen LogP contribution in [0.5, 0.6) is 0 Å². The van der Waals surface area contributed by atoms with Crippen LogP contribution in [0.4, 0.5) is 5.69 Å². The number of nitrogens with zero attached hydrogens (tertiary/aromatic N) is 3. The van der Waals surface area contributed by atoms with Gasteiger partial charge in [0.15, 0.2) is 0 Å². The fraction of sp³-hybridized carbons (Fsp3) is 0.217. The zero-order valence-corrected chi connectivity index (χ0v) is 18.3. The summed E-state index contributed by atoms with van der Waals surface area (Å²) < 4.78 is 0. The number of fused-ring (bicyclic) bond motifs is 1. The monoisotopic (exact) mass is 450 g/mol. The summed E-state index contributed by atoms with van der Waals surface area (Å²) in [5.74, 6) is 5.55. The Morgan fingerprint density at radius 3 is 2.56 bits per heavy atom. The molecule has 4 N–H and O–H groups in total. The molecule has 0 saturated carbocycles. The van der Waals surface area contributed by atoms with Crippen molar-refractivity contribution in [2.75, 3.05) is 26.2 Å². The van der Waals surface area contributed by atoms with E-state index in [2.05, 4.69) is 20.4 Å². The number of carbonyl (C=O) groups is 1. The smallest absolute Gasteiger partial charge is 0.258 e. The summed E-state index contributed by atoms with van der Waals surface area (Å²) in [4.78, 5) is 34.2. The van der Waals surface area contributed by atoms with E-state index >= 15 is 0 Å². The lowest BCUT2D eigenvalue weighted by atomic mass is 10.1. The van der Waals surface area contributed by atoms with Gasteiger partial charge < -0.3 is 21.0 Å². The highest BCUT2D eigenvalue weighted by Crippen LogP contribution is 2.22. The molecule has 1 amide bonds. The standard InChI is InChI=1S/C23H23ClN6O2/c1-14-10-20-16(12-19(14)24)11-18(22(31)28-20)21(29-25)13-27-17-4-2-15(3-5-17)23(32)30-8-6-26-7-9-30/h2-5,10-13,26H,6-9,25H2,1H3,(H,28,31). The number of halogens is 1. The molecule has 2 heterocycles. The number of aromatic amines is 1. The molecular weight excluding hydrogens is 428 g/mol. The Kier molecular flexibility index (Phi) is 6.34. The summed E-state index contributed by atoms with van der Waals surface area (Å²) in [6.07, 6.45) is 1.43. The minimum absolute atomic E-state index is 0.00262. The molecule has 1 saturated heterocycles. The molecule has 0 spiro atoms. The van der Waals surface area contributed by atoms with E-state index in [1.54, 1.807) is 36.4 Å². The fourth-order valence-electron chi connectivity index (χ4n) is 3.57. The lowest BCUT2D eigenvalue weighted by molar-refractivity contribution is 0.0736. The van der Waals surface area contributed by atoms with E-state index in [4.69, 9.17) is 17.4 Å². The molecule has 32 heavy (non-hydrogen) atoms. The summed E-state index contributed by atoms with van der Waals surface area (Å²) in [6.45, 7) is 4.86. The number of nitrogens with two attached hydrogens (primary N) is 1. The summed E-state index contributed by atoms with van der Waals surface area (Å²) in [5.41, 5.74) is 2.96. The Bertz CT molecular complexity index is 1270. The first-order chi connectivity index (χ1) is 15.5. The van der Waals surface area contributed by atoms with Crippen molar-refractivity contribution in [1.82, 2.24) is 15.2 Å². The van der Waals surface area contributed by atoms with E-state index in [9.17, 15) is 9.59 Å². The zero-order valence-electron chi connectivity index (χ0n) is 17.6. The van der Waals surface area contributed by atoms with Gasteiger partial charge in [-0.2, -0.15) is 5.10 Å². The van der Waals surface area contributed by atoms with Gasteiger partial charge in [-0.05, 0) is 55.0 Å². The Hall–Kier alpha value is -3.49. The number of hydrogen-bond acceptors (Lipinski definition) is 6. The molecule has 164 valence electrons. The van der Waals surface area contributed by atoms with E-state index in [0.29, 0.717) is 34.9 Å². The first-order valence-corrected chi connectivity index (χ1v) is 10.6. The van der Waals surface area contributed by atoms with Crippen molar-refractivity contribution < 1.29 is 4.79 Å². The number of hydrazone groups is 1. The van der Waals surface area contributed by atoms with Gasteiger partial charge >= 0.3 is 0 Å². The number of amides is 1. The average molecular weight is 451 g/mol. The lowest BCUT2D eigenvalue weighted by Gasteiger charge is -2.27. The molecule has 2 aromatic carbocycles. The number of aryl methyl sites for hydroxylation is 1. The van der Waals surface area contributed by atoms with Crippen LogP contribution in [0.15, 0.2) is 57.4 Å². The van der Waals surface area contributed by atoms with Gasteiger partial charge in [0.05, 0.1) is 17.5 Å². The molecule has 4 rings (SSSR count). The molecule has 0 atom stereocenters. The van der Waals surface area contributed by atoms with E-state index < -0.39 is 0 Å². The van der Waals surface area contributed by atoms with Crippen molar-refractivity contribution >= 4 is 46.0 Å². The van der Waals surface area contributed by atoms with Crippen LogP contribution < -0.4 is 16.7 Å². The second kappa shape index (κ2) is 9.33. The molecule has 0 unspecified atom stereocenters. The lowest BCUT2D eigenvalue weighted by Crippen LogP contribution is -2.46. The topological polar surface area (TPSA) is 116 Å². The Morgan fingerprint density at radius 2 is 1.88 bits per heavy atom. The van der Waals surface area contributed by atoms with Gasteiger partial charge in [0.25, 0.3) is 11.5 Å². The number of aromatic nitrogens is 1. The molecule has 0 radical (unpaired) electrons. The van der Waals surface area contributed by atoms with Gasteiger partial charge in [0, 0.05) is 47.7 Å². The molecule has 3 aromatic rings. The van der Waals surface area contributed by atoms with E-state index in [1.165, 1.54) is 6.21 Å². The molecule has 1 aromatic heterocycles. The van der Waals surface area contributed by atoms with Crippen LogP contribution in [0.2, 0.25) is 5.02 Å². The van der Waals surface area contributed by atoms with Crippen LogP contribution in [-0.4, -0.2) is 53.9 Å². The summed E-state index contributed by atoms with van der Waals surface area (Å²) >= 11 is 6.22. The van der Waals surface area contributed by atoms with Gasteiger partial charge in [-0.1, -0.05) is 11.6 Å². The highest BCUT2D eigenvalue weighted by atomic mass is 35.5. The van der Waals surface area contributed by atoms with Crippen LogP contribution in [0.25, 0.3) is 10.9 Å². The first-order valence-electron chi connectivity index (χ1n) is 10.2. The van der Waals surface area contributed by atoms with Crippen molar-refractivity contribution in [3.63, 3.8) is 0 Å². The third-order valence-electron chi connectivity index (χ3n) is 5.39. The van der Waals surface area contributed by atoms with Gasteiger partial charge in [0.1, 0.15) is 5.71 Å². The van der Waals surface area contributed by atoms with Crippen molar-refractivity contribution in [3.05, 3.63) is 74.5 Å². The Morgan fingerprint density at radius 1 is 1.16 bits per heavy atom. The minimum atomic E-state index is -0.327. The summed E-state index contributed by atoms with van der Waals surface area (Å²) in [7, 11) is 0. The summed E-state index contributed by atoms with van der Waals surface area (Å²) in [5, 5.41) is 8.33. The summed E-state index contributed by atoms with van der Waals surface area (Å²) in [6, 6.07) is 12.3. The van der Waals surface area contributed by atoms with Crippen LogP contribution in [0.3, 0.4) is 0 Å².